The van der Waals surface area contributed by atoms with E-state index in [2.05, 4.69) is 26.5 Å². The highest BCUT2D eigenvalue weighted by atomic mass is 16.2. The third kappa shape index (κ3) is 27.4. The standard InChI is InChI=1S/C34H59B3N8O8/c1-34(2,3)26(46)15-6-4-12-21-40-33(53)25(14-10-13-20-38-27(47)16-8-9-18-29(49)42-35)41-28(48)17-7-5-11-19-39-30(50)22-45(23-31(51)43-36)24-32(52)44-37/h25H,4-24H2,1-3H3,(H,38,47)(H,39,50)(H,40,53)(H,41,48)(H,42,49)(H,43,51)(H,44,52)/t25-/m0/s1. The molecular formula is C34H59B3N8O8. The summed E-state index contributed by atoms with van der Waals surface area (Å²) in [5, 5.41) is 17.2. The molecule has 0 aromatic heterocycles. The van der Waals surface area contributed by atoms with E-state index in [1.807, 2.05) is 31.2 Å². The van der Waals surface area contributed by atoms with E-state index in [-0.39, 0.29) is 67.3 Å². The third-order valence-electron chi connectivity index (χ3n) is 8.15. The van der Waals surface area contributed by atoms with Crippen molar-refractivity contribution in [2.24, 2.45) is 5.41 Å². The molecule has 7 N–H and O–H groups in total. The minimum atomic E-state index is -0.751. The molecule has 6 radical (unpaired) electrons. The van der Waals surface area contributed by atoms with Crippen molar-refractivity contribution in [1.82, 2.24) is 41.9 Å². The Balaban J connectivity index is 4.73. The highest BCUT2D eigenvalue weighted by Crippen LogP contribution is 2.18. The maximum atomic E-state index is 13.1. The van der Waals surface area contributed by atoms with Gasteiger partial charge >= 0.3 is 0 Å². The van der Waals surface area contributed by atoms with Gasteiger partial charge in [-0.1, -0.05) is 33.6 Å². The molecule has 0 bridgehead atoms. The molecule has 292 valence electrons. The van der Waals surface area contributed by atoms with E-state index < -0.39 is 23.8 Å². The summed E-state index contributed by atoms with van der Waals surface area (Å²) in [6.07, 6.45) is 7.83. The van der Waals surface area contributed by atoms with Crippen LogP contribution in [-0.4, -0.2) is 121 Å². The van der Waals surface area contributed by atoms with Gasteiger partial charge < -0.3 is 37.0 Å². The molecule has 0 spiro atoms. The number of nitrogens with zero attached hydrogens (tertiary/aromatic N) is 1. The highest BCUT2D eigenvalue weighted by molar-refractivity contribution is 6.15. The average molecular weight is 740 g/mol. The van der Waals surface area contributed by atoms with E-state index in [1.165, 1.54) is 4.90 Å². The number of carbonyl (C=O) groups is 8. The molecule has 0 aromatic rings. The number of hydrogen-bond donors (Lipinski definition) is 7. The van der Waals surface area contributed by atoms with Gasteiger partial charge in [-0.25, -0.2) is 0 Å². The van der Waals surface area contributed by atoms with Gasteiger partial charge in [0.15, 0.2) is 0 Å². The first-order valence-corrected chi connectivity index (χ1v) is 18.5. The Labute approximate surface area is 318 Å². The second kappa shape index (κ2) is 29.6. The van der Waals surface area contributed by atoms with Gasteiger partial charge in [0.2, 0.25) is 65.3 Å². The fourth-order valence-corrected chi connectivity index (χ4v) is 5.00. The van der Waals surface area contributed by atoms with Gasteiger partial charge in [-0.3, -0.25) is 43.3 Å². The largest absolute Gasteiger partial charge is 0.409 e. The van der Waals surface area contributed by atoms with Gasteiger partial charge in [-0.15, -0.1) is 0 Å². The quantitative estimate of drug-likeness (QED) is 0.0361. The molecule has 0 rings (SSSR count). The minimum absolute atomic E-state index is 0.125. The Morgan fingerprint density at radius 2 is 0.925 bits per heavy atom. The van der Waals surface area contributed by atoms with Crippen LogP contribution in [-0.2, 0) is 38.4 Å². The molecule has 0 fully saturated rings. The summed E-state index contributed by atoms with van der Waals surface area (Å²) in [6, 6.07) is -0.751. The molecule has 16 nitrogen and oxygen atoms in total. The van der Waals surface area contributed by atoms with Crippen molar-refractivity contribution < 1.29 is 38.4 Å². The van der Waals surface area contributed by atoms with Gasteiger partial charge in [0.05, 0.1) is 19.6 Å². The van der Waals surface area contributed by atoms with Crippen LogP contribution in [0.3, 0.4) is 0 Å². The van der Waals surface area contributed by atoms with Crippen molar-refractivity contribution in [3.8, 4) is 0 Å². The minimum Gasteiger partial charge on any atom is -0.409 e. The molecule has 0 aliphatic heterocycles. The van der Waals surface area contributed by atoms with E-state index >= 15 is 0 Å². The maximum absolute atomic E-state index is 13.1. The molecule has 0 heterocycles. The zero-order valence-corrected chi connectivity index (χ0v) is 31.9. The number of Topliss-reactive ketones (excluding diaryl/α,β-unsaturated/α-hetero) is 1. The van der Waals surface area contributed by atoms with Crippen molar-refractivity contribution in [3.63, 3.8) is 0 Å². The Morgan fingerprint density at radius 1 is 0.491 bits per heavy atom. The summed E-state index contributed by atoms with van der Waals surface area (Å²) in [5.41, 5.74) is -0.372. The lowest BCUT2D eigenvalue weighted by Crippen LogP contribution is -2.47. The molecule has 0 aliphatic rings. The maximum Gasteiger partial charge on any atom is 0.242 e. The Morgan fingerprint density at radius 3 is 1.47 bits per heavy atom. The topological polar surface area (TPSA) is 224 Å². The van der Waals surface area contributed by atoms with Crippen LogP contribution in [0.25, 0.3) is 0 Å². The lowest BCUT2D eigenvalue weighted by atomic mass is 9.88. The van der Waals surface area contributed by atoms with Crippen molar-refractivity contribution in [2.75, 3.05) is 39.3 Å². The van der Waals surface area contributed by atoms with E-state index in [1.54, 1.807) is 0 Å². The molecule has 0 unspecified atom stereocenters. The van der Waals surface area contributed by atoms with Crippen LogP contribution in [0.5, 0.6) is 0 Å². The smallest absolute Gasteiger partial charge is 0.242 e. The van der Waals surface area contributed by atoms with E-state index in [9.17, 15) is 38.4 Å². The van der Waals surface area contributed by atoms with Crippen molar-refractivity contribution in [2.45, 2.75) is 123 Å². The second-order valence-electron chi connectivity index (χ2n) is 14.0. The van der Waals surface area contributed by atoms with E-state index in [0.717, 1.165) is 12.8 Å². The van der Waals surface area contributed by atoms with Crippen molar-refractivity contribution in [3.05, 3.63) is 0 Å². The number of unbranched alkanes of at least 4 members (excludes halogenated alkanes) is 6. The van der Waals surface area contributed by atoms with Gasteiger partial charge in [0.25, 0.3) is 0 Å². The van der Waals surface area contributed by atoms with Crippen LogP contribution in [0.15, 0.2) is 0 Å². The highest BCUT2D eigenvalue weighted by Gasteiger charge is 2.22. The molecule has 0 aliphatic carbocycles. The lowest BCUT2D eigenvalue weighted by Gasteiger charge is -2.20. The first kappa shape index (κ1) is 49.1. The summed E-state index contributed by atoms with van der Waals surface area (Å²) < 4.78 is 0. The third-order valence-corrected chi connectivity index (χ3v) is 8.15. The van der Waals surface area contributed by atoms with Gasteiger partial charge in [-0.2, -0.15) is 0 Å². The summed E-state index contributed by atoms with van der Waals surface area (Å²) in [6.45, 7) is 6.05. The molecule has 0 saturated carbocycles. The van der Waals surface area contributed by atoms with Crippen LogP contribution in [0.1, 0.15) is 117 Å². The van der Waals surface area contributed by atoms with Gasteiger partial charge in [-0.05, 0) is 57.8 Å². The molecule has 0 aromatic carbocycles. The van der Waals surface area contributed by atoms with Gasteiger partial charge in [0.1, 0.15) is 11.8 Å². The van der Waals surface area contributed by atoms with Gasteiger partial charge in [0, 0.05) is 50.7 Å². The van der Waals surface area contributed by atoms with E-state index in [0.29, 0.717) is 90.3 Å². The van der Waals surface area contributed by atoms with Crippen LogP contribution in [0, 0.1) is 5.41 Å². The average Bonchev–Trinajstić information content (AvgIpc) is 3.11. The monoisotopic (exact) mass is 740 g/mol. The Kier molecular flexibility index (Phi) is 27.4. The fraction of sp³-hybridized carbons (Fsp3) is 0.765. The summed E-state index contributed by atoms with van der Waals surface area (Å²) in [5.74, 6) is -2.33. The predicted molar refractivity (Wildman–Crippen MR) is 203 cm³/mol. The molecular weight excluding hydrogens is 681 g/mol. The predicted octanol–water partition coefficient (Wildman–Crippen LogP) is -0.812. The van der Waals surface area contributed by atoms with Crippen LogP contribution in [0.2, 0.25) is 0 Å². The molecule has 53 heavy (non-hydrogen) atoms. The number of amides is 7. The number of carbonyl (C=O) groups excluding carboxylic acids is 8. The molecule has 19 heteroatoms. The van der Waals surface area contributed by atoms with Crippen LogP contribution < -0.4 is 37.0 Å². The molecule has 0 saturated heterocycles. The summed E-state index contributed by atoms with van der Waals surface area (Å²) in [4.78, 5) is 98.0. The SMILES string of the molecule is [B]NC(=O)CCCCC(=O)NCCCC[C@H](NC(=O)CCCCCNC(=O)CN(CC(=O)N[B])CC(=O)N[B])C(=O)NCCCCCC(=O)C(C)(C)C. The number of ketones is 1. The molecule has 1 atom stereocenters. The first-order chi connectivity index (χ1) is 25.1. The zero-order chi connectivity index (χ0) is 40.1. The van der Waals surface area contributed by atoms with Crippen molar-refractivity contribution in [1.29, 1.82) is 0 Å². The van der Waals surface area contributed by atoms with Crippen molar-refractivity contribution >= 4 is 71.1 Å². The Hall–Kier alpha value is -3.89. The lowest BCUT2D eigenvalue weighted by molar-refractivity contribution is -0.129. The number of nitrogens with one attached hydrogen (secondary N) is 7. The fourth-order valence-electron chi connectivity index (χ4n) is 5.00. The van der Waals surface area contributed by atoms with Crippen LogP contribution in [0.4, 0.5) is 0 Å². The Bertz CT molecular complexity index is 1160. The second-order valence-corrected chi connectivity index (χ2v) is 14.0. The molecule has 7 amide bonds. The normalized spacial score (nSPS) is 11.5. The van der Waals surface area contributed by atoms with E-state index in [4.69, 9.17) is 23.9 Å². The number of hydrogen-bond acceptors (Lipinski definition) is 9. The summed E-state index contributed by atoms with van der Waals surface area (Å²) in [7, 11) is 15.2. The zero-order valence-electron chi connectivity index (χ0n) is 31.9. The first-order valence-electron chi connectivity index (χ1n) is 18.5. The van der Waals surface area contributed by atoms with Crippen LogP contribution >= 0.6 is 0 Å². The summed E-state index contributed by atoms with van der Waals surface area (Å²) >= 11 is 0. The number of rotatable bonds is 30.